The minimum atomic E-state index is -0.549. The molecule has 12 nitrogen and oxygen atoms in total. The third kappa shape index (κ3) is 16.5. The van der Waals surface area contributed by atoms with E-state index in [0.717, 1.165) is 96.7 Å². The molecule has 0 N–H and O–H groups in total. The molecule has 5 aliphatic rings. The Hall–Kier alpha value is -2.28. The van der Waals surface area contributed by atoms with Gasteiger partial charge in [-0.2, -0.15) is 0 Å². The SMILES string of the molecule is COC(=O)C12CC3CC(C1)CC(C(=O)OC(C)OCC1CCC(COC(C)C)CC1)(C3)C2.COC(=O)CCCCCCC(=O)OC(C)OCCCCOC(C)C. The van der Waals surface area contributed by atoms with Gasteiger partial charge >= 0.3 is 23.9 Å². The van der Waals surface area contributed by atoms with E-state index in [1.807, 2.05) is 20.8 Å². The predicted molar refractivity (Wildman–Crippen MR) is 211 cm³/mol. The average molecular weight is 797 g/mol. The lowest BCUT2D eigenvalue weighted by molar-refractivity contribution is -0.211. The number of hydrogen-bond acceptors (Lipinski definition) is 12. The van der Waals surface area contributed by atoms with E-state index in [1.165, 1.54) is 27.1 Å². The second kappa shape index (κ2) is 24.6. The molecule has 324 valence electrons. The van der Waals surface area contributed by atoms with Gasteiger partial charge in [-0.15, -0.1) is 0 Å². The highest BCUT2D eigenvalue weighted by atomic mass is 16.7. The Balaban J connectivity index is 0.000000316. The van der Waals surface area contributed by atoms with Crippen LogP contribution in [0.1, 0.15) is 157 Å². The zero-order valence-electron chi connectivity index (χ0n) is 36.1. The fraction of sp³-hybridized carbons (Fsp3) is 0.909. The second-order valence-electron chi connectivity index (χ2n) is 17.6. The largest absolute Gasteiger partial charge is 0.469 e. The molecule has 0 amide bonds. The van der Waals surface area contributed by atoms with E-state index in [-0.39, 0.29) is 30.0 Å². The molecule has 0 radical (unpaired) electrons. The molecule has 0 aromatic rings. The first-order valence-electron chi connectivity index (χ1n) is 21.7. The summed E-state index contributed by atoms with van der Waals surface area (Å²) < 4.78 is 43.4. The van der Waals surface area contributed by atoms with Crippen molar-refractivity contribution in [1.29, 1.82) is 0 Å². The third-order valence-electron chi connectivity index (χ3n) is 12.0. The summed E-state index contributed by atoms with van der Waals surface area (Å²) in [6.07, 6.45) is 15.3. The molecule has 5 saturated carbocycles. The first-order chi connectivity index (χ1) is 26.7. The van der Waals surface area contributed by atoms with Crippen molar-refractivity contribution in [3.05, 3.63) is 0 Å². The number of ether oxygens (including phenoxy) is 8. The minimum absolute atomic E-state index is 0.137. The molecular formula is C44H76O12. The van der Waals surface area contributed by atoms with Crippen LogP contribution in [-0.4, -0.2) is 89.3 Å². The van der Waals surface area contributed by atoms with Gasteiger partial charge in [-0.25, -0.2) is 0 Å². The van der Waals surface area contributed by atoms with Crippen molar-refractivity contribution in [3.8, 4) is 0 Å². The van der Waals surface area contributed by atoms with E-state index in [4.69, 9.17) is 33.2 Å². The van der Waals surface area contributed by atoms with E-state index in [0.29, 0.717) is 62.3 Å². The normalized spacial score (nSPS) is 27.6. The highest BCUT2D eigenvalue weighted by Crippen LogP contribution is 2.66. The van der Waals surface area contributed by atoms with Gasteiger partial charge in [0.25, 0.3) is 0 Å². The first kappa shape index (κ1) is 48.1. The predicted octanol–water partition coefficient (Wildman–Crippen LogP) is 8.49. The standard InChI is InChI=1S/C26H42O6.C18H34O6/c1-17(2)30-14-19-5-7-20(8-6-19)15-31-18(3)32-24(28)26-12-21-9-22(13-26)11-25(10-21,16-26)23(27)29-4;1-15(2)22-13-9-10-14-23-16(3)24-18(20)12-8-6-5-7-11-17(19)21-4/h17-22H,5-16H2,1-4H3;15-16H,5-14H2,1-4H3. The van der Waals surface area contributed by atoms with Crippen LogP contribution in [0.4, 0.5) is 0 Å². The Morgan fingerprint density at radius 3 is 1.54 bits per heavy atom. The fourth-order valence-electron chi connectivity index (χ4n) is 9.48. The lowest BCUT2D eigenvalue weighted by Crippen LogP contribution is -2.58. The fourth-order valence-corrected chi connectivity index (χ4v) is 9.48. The topological polar surface area (TPSA) is 142 Å². The summed E-state index contributed by atoms with van der Waals surface area (Å²) in [6, 6.07) is 0. The lowest BCUT2D eigenvalue weighted by atomic mass is 9.44. The van der Waals surface area contributed by atoms with Gasteiger partial charge in [0.2, 0.25) is 0 Å². The maximum atomic E-state index is 13.3. The van der Waals surface area contributed by atoms with Crippen molar-refractivity contribution >= 4 is 23.9 Å². The summed E-state index contributed by atoms with van der Waals surface area (Å²) in [5.41, 5.74) is -1.02. The monoisotopic (exact) mass is 797 g/mol. The van der Waals surface area contributed by atoms with Gasteiger partial charge < -0.3 is 37.9 Å². The quantitative estimate of drug-likeness (QED) is 0.0400. The molecule has 12 heteroatoms. The van der Waals surface area contributed by atoms with E-state index in [1.54, 1.807) is 6.92 Å². The molecule has 5 rings (SSSR count). The molecule has 5 fully saturated rings. The first-order valence-corrected chi connectivity index (χ1v) is 21.7. The van der Waals surface area contributed by atoms with Crippen LogP contribution in [0.5, 0.6) is 0 Å². The van der Waals surface area contributed by atoms with Crippen molar-refractivity contribution in [1.82, 2.24) is 0 Å². The van der Waals surface area contributed by atoms with Crippen LogP contribution in [0.15, 0.2) is 0 Å². The van der Waals surface area contributed by atoms with Gasteiger partial charge in [0.1, 0.15) is 0 Å². The highest BCUT2D eigenvalue weighted by molar-refractivity contribution is 5.83. The number of unbranched alkanes of at least 4 members (excludes halogenated alkanes) is 4. The van der Waals surface area contributed by atoms with Crippen LogP contribution < -0.4 is 0 Å². The Labute approximate surface area is 337 Å². The molecule has 56 heavy (non-hydrogen) atoms. The van der Waals surface area contributed by atoms with E-state index in [2.05, 4.69) is 18.6 Å². The van der Waals surface area contributed by atoms with Gasteiger partial charge in [-0.1, -0.05) is 12.8 Å². The van der Waals surface area contributed by atoms with Crippen molar-refractivity contribution in [2.45, 2.75) is 182 Å². The number of rotatable bonds is 24. The number of hydrogen-bond donors (Lipinski definition) is 0. The smallest absolute Gasteiger partial charge is 0.314 e. The Morgan fingerprint density at radius 2 is 1.02 bits per heavy atom. The summed E-state index contributed by atoms with van der Waals surface area (Å²) in [7, 11) is 2.85. The van der Waals surface area contributed by atoms with E-state index < -0.39 is 23.4 Å². The summed E-state index contributed by atoms with van der Waals surface area (Å²) in [4.78, 5) is 48.5. The molecule has 0 spiro atoms. The zero-order chi connectivity index (χ0) is 41.1. The van der Waals surface area contributed by atoms with Crippen molar-refractivity contribution in [2.24, 2.45) is 34.5 Å². The maximum absolute atomic E-state index is 13.3. The van der Waals surface area contributed by atoms with Crippen molar-refractivity contribution < 1.29 is 57.1 Å². The van der Waals surface area contributed by atoms with Gasteiger partial charge in [0, 0.05) is 26.1 Å². The lowest BCUT2D eigenvalue weighted by Gasteiger charge is -2.59. The summed E-state index contributed by atoms with van der Waals surface area (Å²) >= 11 is 0. The summed E-state index contributed by atoms with van der Waals surface area (Å²) in [5.74, 6) is 1.30. The molecule has 0 saturated heterocycles. The van der Waals surface area contributed by atoms with Crippen LogP contribution in [0.3, 0.4) is 0 Å². The van der Waals surface area contributed by atoms with Crippen LogP contribution >= 0.6 is 0 Å². The zero-order valence-corrected chi connectivity index (χ0v) is 36.1. The second-order valence-corrected chi connectivity index (χ2v) is 17.6. The number of methoxy groups -OCH3 is 2. The molecule has 4 atom stereocenters. The number of esters is 4. The van der Waals surface area contributed by atoms with Gasteiger partial charge in [0.15, 0.2) is 12.6 Å². The van der Waals surface area contributed by atoms with Crippen LogP contribution in [0.25, 0.3) is 0 Å². The van der Waals surface area contributed by atoms with Crippen LogP contribution in [0, 0.1) is 34.5 Å². The van der Waals surface area contributed by atoms with Crippen LogP contribution in [0.2, 0.25) is 0 Å². The summed E-state index contributed by atoms with van der Waals surface area (Å²) in [5, 5.41) is 0. The van der Waals surface area contributed by atoms with Gasteiger partial charge in [0.05, 0.1) is 50.5 Å². The molecule has 0 aromatic carbocycles. The Morgan fingerprint density at radius 1 is 0.536 bits per heavy atom. The Kier molecular flexibility index (Phi) is 21.1. The number of carbonyl (C=O) groups is 4. The average Bonchev–Trinajstić information content (AvgIpc) is 3.15. The number of carbonyl (C=O) groups excluding carboxylic acids is 4. The van der Waals surface area contributed by atoms with E-state index in [9.17, 15) is 19.2 Å². The molecule has 0 aliphatic heterocycles. The molecule has 0 heterocycles. The highest BCUT2D eigenvalue weighted by Gasteiger charge is 2.64. The van der Waals surface area contributed by atoms with Gasteiger partial charge in [-0.05, 0) is 155 Å². The molecule has 4 unspecified atom stereocenters. The molecule has 4 bridgehead atoms. The van der Waals surface area contributed by atoms with Gasteiger partial charge in [-0.3, -0.25) is 19.2 Å². The molecular weight excluding hydrogens is 720 g/mol. The molecule has 0 aromatic heterocycles. The molecule has 5 aliphatic carbocycles. The van der Waals surface area contributed by atoms with Crippen LogP contribution in [-0.2, 0) is 57.1 Å². The van der Waals surface area contributed by atoms with Crippen molar-refractivity contribution in [3.63, 3.8) is 0 Å². The summed E-state index contributed by atoms with van der Waals surface area (Å²) in [6.45, 7) is 14.5. The van der Waals surface area contributed by atoms with Crippen molar-refractivity contribution in [2.75, 3.05) is 40.6 Å². The maximum Gasteiger partial charge on any atom is 0.314 e. The Bertz CT molecular complexity index is 1160. The third-order valence-corrected chi connectivity index (χ3v) is 12.0. The minimum Gasteiger partial charge on any atom is -0.469 e. The van der Waals surface area contributed by atoms with E-state index >= 15 is 0 Å².